The fraction of sp³-hybridized carbons (Fsp3) is 0.296. The molecule has 0 spiro atoms. The Morgan fingerprint density at radius 3 is 2.51 bits per heavy atom. The molecule has 7 nitrogen and oxygen atoms in total. The summed E-state index contributed by atoms with van der Waals surface area (Å²) in [5, 5.41) is 11.9. The molecule has 1 amide bonds. The third-order valence-corrected chi connectivity index (χ3v) is 7.51. The van der Waals surface area contributed by atoms with Crippen LogP contribution >= 0.6 is 11.8 Å². The van der Waals surface area contributed by atoms with Gasteiger partial charge in [-0.1, -0.05) is 66.4 Å². The molecule has 0 radical (unpaired) electrons. The minimum Gasteiger partial charge on any atom is -0.496 e. The zero-order valence-electron chi connectivity index (χ0n) is 20.1. The summed E-state index contributed by atoms with van der Waals surface area (Å²) in [6, 6.07) is 22.7. The van der Waals surface area contributed by atoms with E-state index in [9.17, 15) is 4.79 Å². The maximum atomic E-state index is 12.9. The summed E-state index contributed by atoms with van der Waals surface area (Å²) in [4.78, 5) is 17.3. The fourth-order valence-electron chi connectivity index (χ4n) is 4.55. The summed E-state index contributed by atoms with van der Waals surface area (Å²) >= 11 is 1.43. The second-order valence-electron chi connectivity index (χ2n) is 8.65. The lowest BCUT2D eigenvalue weighted by atomic mass is 10.0. The number of para-hydroxylation sites is 1. The second kappa shape index (κ2) is 10.5. The van der Waals surface area contributed by atoms with Crippen molar-refractivity contribution in [3.8, 4) is 17.1 Å². The van der Waals surface area contributed by atoms with Gasteiger partial charge in [-0.15, -0.1) is 10.2 Å². The first kappa shape index (κ1) is 23.4. The number of thioether (sulfide) groups is 1. The van der Waals surface area contributed by atoms with Gasteiger partial charge in [0.2, 0.25) is 5.91 Å². The van der Waals surface area contributed by atoms with Gasteiger partial charge in [0.05, 0.1) is 18.4 Å². The average molecular weight is 488 g/mol. The van der Waals surface area contributed by atoms with Crippen LogP contribution in [0.1, 0.15) is 5.56 Å². The molecule has 180 valence electrons. The molecule has 0 bridgehead atoms. The molecule has 1 aliphatic rings. The van der Waals surface area contributed by atoms with Crippen LogP contribution in [0.5, 0.6) is 5.75 Å². The van der Waals surface area contributed by atoms with Gasteiger partial charge in [0.1, 0.15) is 5.75 Å². The van der Waals surface area contributed by atoms with Crippen LogP contribution in [0.4, 0.5) is 0 Å². The number of methoxy groups -OCH3 is 1. The Kier molecular flexibility index (Phi) is 7.01. The number of nitrogens with zero attached hydrogens (tertiary/aromatic N) is 5. The van der Waals surface area contributed by atoms with E-state index in [2.05, 4.69) is 57.6 Å². The van der Waals surface area contributed by atoms with Crippen LogP contribution in [0.15, 0.2) is 71.9 Å². The number of fused-ring (bicyclic) bond motifs is 1. The highest BCUT2D eigenvalue weighted by Crippen LogP contribution is 2.30. The predicted octanol–water partition coefficient (Wildman–Crippen LogP) is 4.08. The monoisotopic (exact) mass is 487 g/mol. The van der Waals surface area contributed by atoms with E-state index in [1.165, 1.54) is 28.1 Å². The number of ether oxygens (including phenoxy) is 1. The van der Waals surface area contributed by atoms with Crippen LogP contribution < -0.4 is 4.74 Å². The van der Waals surface area contributed by atoms with Crippen molar-refractivity contribution in [1.29, 1.82) is 0 Å². The molecule has 4 aromatic rings. The van der Waals surface area contributed by atoms with Crippen molar-refractivity contribution >= 4 is 28.4 Å². The van der Waals surface area contributed by atoms with Gasteiger partial charge in [-0.3, -0.25) is 9.69 Å². The van der Waals surface area contributed by atoms with Crippen LogP contribution in [0.2, 0.25) is 0 Å². The number of amides is 1. The average Bonchev–Trinajstić information content (AvgIpc) is 3.27. The Labute approximate surface area is 209 Å². The number of carbonyl (C=O) groups is 1. The van der Waals surface area contributed by atoms with Gasteiger partial charge in [0.15, 0.2) is 11.0 Å². The van der Waals surface area contributed by atoms with Crippen LogP contribution in [0, 0.1) is 0 Å². The fourth-order valence-corrected chi connectivity index (χ4v) is 5.36. The van der Waals surface area contributed by atoms with Crippen LogP contribution in [-0.4, -0.2) is 69.5 Å². The third-order valence-electron chi connectivity index (χ3n) is 6.51. The molecule has 0 unspecified atom stereocenters. The van der Waals surface area contributed by atoms with Gasteiger partial charge in [0, 0.05) is 39.8 Å². The Balaban J connectivity index is 1.16. The molecule has 8 heteroatoms. The number of hydrogen-bond donors (Lipinski definition) is 0. The lowest BCUT2D eigenvalue weighted by Crippen LogP contribution is -2.48. The van der Waals surface area contributed by atoms with E-state index in [-0.39, 0.29) is 5.91 Å². The first-order valence-electron chi connectivity index (χ1n) is 11.8. The third kappa shape index (κ3) is 5.04. The van der Waals surface area contributed by atoms with E-state index in [1.807, 2.05) is 40.8 Å². The van der Waals surface area contributed by atoms with E-state index in [0.717, 1.165) is 49.9 Å². The molecule has 1 saturated heterocycles. The Morgan fingerprint density at radius 2 is 1.69 bits per heavy atom. The van der Waals surface area contributed by atoms with Crippen molar-refractivity contribution in [3.05, 3.63) is 72.3 Å². The number of carbonyl (C=O) groups excluding carboxylic acids is 1. The Bertz CT molecular complexity index is 1320. The standard InChI is InChI=1S/C27H29N5O2S/c1-30-26(23-12-5-6-13-24(23)34-2)28-29-27(30)35-19-25(33)32-16-14-31(15-17-32)18-21-10-7-9-20-8-3-4-11-22(20)21/h3-13H,14-19H2,1-2H3. The van der Waals surface area contributed by atoms with Crippen LogP contribution in [0.25, 0.3) is 22.2 Å². The predicted molar refractivity (Wildman–Crippen MR) is 140 cm³/mol. The maximum absolute atomic E-state index is 12.9. The summed E-state index contributed by atoms with van der Waals surface area (Å²) in [6.45, 7) is 4.15. The van der Waals surface area contributed by atoms with E-state index < -0.39 is 0 Å². The Hall–Kier alpha value is -3.36. The van der Waals surface area contributed by atoms with E-state index in [0.29, 0.717) is 10.9 Å². The summed E-state index contributed by atoms with van der Waals surface area (Å²) in [6.07, 6.45) is 0. The van der Waals surface area contributed by atoms with Crippen molar-refractivity contribution in [2.45, 2.75) is 11.7 Å². The minimum absolute atomic E-state index is 0.140. The van der Waals surface area contributed by atoms with Crippen molar-refractivity contribution in [1.82, 2.24) is 24.6 Å². The zero-order chi connectivity index (χ0) is 24.2. The van der Waals surface area contributed by atoms with E-state index in [1.54, 1.807) is 7.11 Å². The summed E-state index contributed by atoms with van der Waals surface area (Å²) in [5.41, 5.74) is 2.22. The molecule has 0 saturated carbocycles. The molecule has 1 aliphatic heterocycles. The van der Waals surface area contributed by atoms with Crippen molar-refractivity contribution in [2.75, 3.05) is 39.0 Å². The van der Waals surface area contributed by atoms with Crippen LogP contribution in [0.3, 0.4) is 0 Å². The first-order chi connectivity index (χ1) is 17.1. The van der Waals surface area contributed by atoms with Gasteiger partial charge >= 0.3 is 0 Å². The molecule has 35 heavy (non-hydrogen) atoms. The van der Waals surface area contributed by atoms with Crippen LogP contribution in [-0.2, 0) is 18.4 Å². The smallest absolute Gasteiger partial charge is 0.233 e. The van der Waals surface area contributed by atoms with E-state index in [4.69, 9.17) is 4.74 Å². The lowest BCUT2D eigenvalue weighted by molar-refractivity contribution is -0.130. The molecule has 3 aromatic carbocycles. The maximum Gasteiger partial charge on any atom is 0.233 e. The Morgan fingerprint density at radius 1 is 0.943 bits per heavy atom. The normalized spacial score (nSPS) is 14.4. The molecule has 2 heterocycles. The minimum atomic E-state index is 0.140. The van der Waals surface area contributed by atoms with Gasteiger partial charge in [-0.05, 0) is 28.5 Å². The van der Waals surface area contributed by atoms with Gasteiger partial charge < -0.3 is 14.2 Å². The quantitative estimate of drug-likeness (QED) is 0.366. The number of piperazine rings is 1. The highest BCUT2D eigenvalue weighted by Gasteiger charge is 2.23. The van der Waals surface area contributed by atoms with E-state index >= 15 is 0 Å². The second-order valence-corrected chi connectivity index (χ2v) is 9.59. The molecule has 5 rings (SSSR count). The van der Waals surface area contributed by atoms with Gasteiger partial charge in [-0.2, -0.15) is 0 Å². The lowest BCUT2D eigenvalue weighted by Gasteiger charge is -2.35. The number of aromatic nitrogens is 3. The molecule has 1 fully saturated rings. The topological polar surface area (TPSA) is 63.5 Å². The molecule has 1 aromatic heterocycles. The summed E-state index contributed by atoms with van der Waals surface area (Å²) in [5.74, 6) is 1.96. The molecule has 0 atom stereocenters. The molecular formula is C27H29N5O2S. The van der Waals surface area contributed by atoms with Crippen molar-refractivity contribution in [2.24, 2.45) is 7.05 Å². The first-order valence-corrected chi connectivity index (χ1v) is 12.7. The van der Waals surface area contributed by atoms with Crippen molar-refractivity contribution in [3.63, 3.8) is 0 Å². The number of hydrogen-bond acceptors (Lipinski definition) is 6. The molecular weight excluding hydrogens is 458 g/mol. The number of rotatable bonds is 7. The van der Waals surface area contributed by atoms with Gasteiger partial charge in [0.25, 0.3) is 0 Å². The number of benzene rings is 3. The molecule has 0 N–H and O–H groups in total. The molecule has 0 aliphatic carbocycles. The highest BCUT2D eigenvalue weighted by atomic mass is 32.2. The SMILES string of the molecule is COc1ccccc1-c1nnc(SCC(=O)N2CCN(Cc3cccc4ccccc34)CC2)n1C. The highest BCUT2D eigenvalue weighted by molar-refractivity contribution is 7.99. The summed E-state index contributed by atoms with van der Waals surface area (Å²) < 4.78 is 7.37. The summed E-state index contributed by atoms with van der Waals surface area (Å²) in [7, 11) is 3.56. The van der Waals surface area contributed by atoms with Crippen molar-refractivity contribution < 1.29 is 9.53 Å². The largest absolute Gasteiger partial charge is 0.496 e. The zero-order valence-corrected chi connectivity index (χ0v) is 20.9. The van der Waals surface area contributed by atoms with Gasteiger partial charge in [-0.25, -0.2) is 0 Å².